The van der Waals surface area contributed by atoms with Crippen molar-refractivity contribution in [2.75, 3.05) is 6.61 Å². The van der Waals surface area contributed by atoms with Gasteiger partial charge in [-0.1, -0.05) is 60.7 Å². The van der Waals surface area contributed by atoms with E-state index in [-0.39, 0.29) is 29.0 Å². The topological polar surface area (TPSA) is 80.8 Å². The zero-order chi connectivity index (χ0) is 21.1. The fourth-order valence-electron chi connectivity index (χ4n) is 3.25. The molecule has 0 aliphatic carbocycles. The summed E-state index contributed by atoms with van der Waals surface area (Å²) in [7, 11) is 0. The maximum atomic E-state index is 12.7. The number of carbonyl (C=O) groups is 4. The van der Waals surface area contributed by atoms with Gasteiger partial charge < -0.3 is 4.74 Å². The summed E-state index contributed by atoms with van der Waals surface area (Å²) in [6.45, 7) is -0.258. The van der Waals surface area contributed by atoms with Gasteiger partial charge in [-0.05, 0) is 23.8 Å². The number of nitrogens with zero attached hydrogens (tertiary/aromatic N) is 1. The molecule has 0 N–H and O–H groups in total. The minimum atomic E-state index is -0.733. The van der Waals surface area contributed by atoms with E-state index in [1.807, 2.05) is 30.3 Å². The molecule has 30 heavy (non-hydrogen) atoms. The van der Waals surface area contributed by atoms with E-state index in [1.54, 1.807) is 30.3 Å². The van der Waals surface area contributed by atoms with Crippen LogP contribution in [0.25, 0.3) is 0 Å². The lowest BCUT2D eigenvalue weighted by Gasteiger charge is -2.13. The van der Waals surface area contributed by atoms with Gasteiger partial charge in [0.2, 0.25) is 0 Å². The van der Waals surface area contributed by atoms with Gasteiger partial charge in [0.15, 0.2) is 12.4 Å². The van der Waals surface area contributed by atoms with Crippen LogP contribution in [-0.2, 0) is 11.3 Å². The predicted octanol–water partition coefficient (Wildman–Crippen LogP) is 3.52. The number of hydrogen-bond acceptors (Lipinski definition) is 5. The van der Waals surface area contributed by atoms with Crippen LogP contribution in [0, 0.1) is 0 Å². The molecule has 0 radical (unpaired) electrons. The molecule has 0 aromatic heterocycles. The highest BCUT2D eigenvalue weighted by Gasteiger charge is 2.36. The maximum absolute atomic E-state index is 12.7. The Bertz CT molecular complexity index is 1140. The van der Waals surface area contributed by atoms with Gasteiger partial charge in [0.25, 0.3) is 11.8 Å². The monoisotopic (exact) mass is 399 g/mol. The van der Waals surface area contributed by atoms with Crippen molar-refractivity contribution in [3.63, 3.8) is 0 Å². The molecule has 0 atom stereocenters. The van der Waals surface area contributed by atoms with E-state index in [0.29, 0.717) is 5.56 Å². The fraction of sp³-hybridized carbons (Fsp3) is 0.0833. The number of hydrogen-bond donors (Lipinski definition) is 0. The maximum Gasteiger partial charge on any atom is 0.338 e. The smallest absolute Gasteiger partial charge is 0.338 e. The van der Waals surface area contributed by atoms with Crippen LogP contribution < -0.4 is 0 Å². The molecule has 148 valence electrons. The lowest BCUT2D eigenvalue weighted by atomic mass is 10.1. The number of ether oxygens (including phenoxy) is 1. The van der Waals surface area contributed by atoms with Gasteiger partial charge in [-0.15, -0.1) is 0 Å². The van der Waals surface area contributed by atoms with Crippen molar-refractivity contribution in [1.82, 2.24) is 4.90 Å². The molecule has 1 aliphatic rings. The number of Topliss-reactive ketones (excluding diaryl/α,β-unsaturated/α-hetero) is 1. The number of rotatable bonds is 6. The number of carbonyl (C=O) groups excluding carboxylic acids is 4. The van der Waals surface area contributed by atoms with Crippen molar-refractivity contribution in [3.8, 4) is 0 Å². The Balaban J connectivity index is 1.47. The summed E-state index contributed by atoms with van der Waals surface area (Å²) in [5.41, 5.74) is 1.77. The predicted molar refractivity (Wildman–Crippen MR) is 108 cm³/mol. The van der Waals surface area contributed by atoms with Crippen LogP contribution in [0.3, 0.4) is 0 Å². The lowest BCUT2D eigenvalue weighted by molar-refractivity contribution is 0.0474. The van der Waals surface area contributed by atoms with Gasteiger partial charge in [-0.25, -0.2) is 4.79 Å². The first-order valence-corrected chi connectivity index (χ1v) is 9.34. The first-order chi connectivity index (χ1) is 14.5. The van der Waals surface area contributed by atoms with Crippen LogP contribution in [0.15, 0.2) is 78.9 Å². The molecule has 6 heteroatoms. The molecule has 0 fully saturated rings. The van der Waals surface area contributed by atoms with E-state index in [1.165, 1.54) is 18.2 Å². The molecule has 4 rings (SSSR count). The van der Waals surface area contributed by atoms with Gasteiger partial charge >= 0.3 is 5.97 Å². The van der Waals surface area contributed by atoms with Crippen LogP contribution in [0.2, 0.25) is 0 Å². The highest BCUT2D eigenvalue weighted by Crippen LogP contribution is 2.26. The summed E-state index contributed by atoms with van der Waals surface area (Å²) in [6.07, 6.45) is 0. The van der Waals surface area contributed by atoms with Crippen molar-refractivity contribution < 1.29 is 23.9 Å². The van der Waals surface area contributed by atoms with Crippen LogP contribution >= 0.6 is 0 Å². The Kier molecular flexibility index (Phi) is 5.22. The highest BCUT2D eigenvalue weighted by molar-refractivity contribution is 6.21. The first-order valence-electron chi connectivity index (χ1n) is 9.34. The summed E-state index contributed by atoms with van der Waals surface area (Å²) in [5.74, 6) is -1.93. The number of fused-ring (bicyclic) bond motifs is 1. The van der Waals surface area contributed by atoms with E-state index in [2.05, 4.69) is 0 Å². The summed E-state index contributed by atoms with van der Waals surface area (Å²) in [4.78, 5) is 50.9. The second-order valence-corrected chi connectivity index (χ2v) is 6.81. The van der Waals surface area contributed by atoms with Crippen molar-refractivity contribution in [3.05, 3.63) is 107 Å². The van der Waals surface area contributed by atoms with Crippen LogP contribution in [-0.4, -0.2) is 35.1 Å². The Morgan fingerprint density at radius 1 is 0.733 bits per heavy atom. The van der Waals surface area contributed by atoms with Crippen molar-refractivity contribution >= 4 is 23.6 Å². The number of amides is 2. The zero-order valence-corrected chi connectivity index (χ0v) is 15.9. The molecule has 0 bridgehead atoms. The molecule has 1 heterocycles. The second-order valence-electron chi connectivity index (χ2n) is 6.81. The van der Waals surface area contributed by atoms with E-state index < -0.39 is 24.4 Å². The summed E-state index contributed by atoms with van der Waals surface area (Å²) < 4.78 is 5.09. The second kappa shape index (κ2) is 8.13. The lowest BCUT2D eigenvalue weighted by Crippen LogP contribution is -2.29. The molecule has 3 aromatic rings. The van der Waals surface area contributed by atoms with E-state index in [4.69, 9.17) is 4.74 Å². The van der Waals surface area contributed by atoms with E-state index in [0.717, 1.165) is 10.5 Å². The molecule has 2 amide bonds. The van der Waals surface area contributed by atoms with Crippen LogP contribution in [0.1, 0.15) is 47.0 Å². The number of benzene rings is 3. The first kappa shape index (κ1) is 19.3. The van der Waals surface area contributed by atoms with Crippen LogP contribution in [0.5, 0.6) is 0 Å². The number of esters is 1. The van der Waals surface area contributed by atoms with E-state index >= 15 is 0 Å². The quantitative estimate of drug-likeness (QED) is 0.360. The third-order valence-electron chi connectivity index (χ3n) is 4.82. The fourth-order valence-corrected chi connectivity index (χ4v) is 3.25. The summed E-state index contributed by atoms with van der Waals surface area (Å²) in [5, 5.41) is 0. The Hall–Kier alpha value is -4.06. The van der Waals surface area contributed by atoms with Gasteiger partial charge in [-0.2, -0.15) is 0 Å². The standard InChI is InChI=1S/C24H17NO5/c26-21(17-9-5-2-6-10-17)15-30-24(29)18-11-12-19-20(13-18)23(28)25(22(19)27)14-16-7-3-1-4-8-16/h1-13H,14-15H2. The van der Waals surface area contributed by atoms with Gasteiger partial charge in [0, 0.05) is 5.56 Å². The average molecular weight is 399 g/mol. The van der Waals surface area contributed by atoms with Crippen LogP contribution in [0.4, 0.5) is 0 Å². The molecule has 3 aromatic carbocycles. The Morgan fingerprint density at radius 3 is 2.07 bits per heavy atom. The van der Waals surface area contributed by atoms with E-state index in [9.17, 15) is 19.2 Å². The third-order valence-corrected chi connectivity index (χ3v) is 4.82. The van der Waals surface area contributed by atoms with Gasteiger partial charge in [0.1, 0.15) is 0 Å². The Labute approximate surface area is 172 Å². The summed E-state index contributed by atoms with van der Waals surface area (Å²) >= 11 is 0. The SMILES string of the molecule is O=C(COC(=O)c1ccc2c(c1)C(=O)N(Cc1ccccc1)C2=O)c1ccccc1. The molecule has 0 saturated carbocycles. The van der Waals surface area contributed by atoms with Gasteiger partial charge in [0.05, 0.1) is 23.2 Å². The Morgan fingerprint density at radius 2 is 1.37 bits per heavy atom. The molecule has 6 nitrogen and oxygen atoms in total. The largest absolute Gasteiger partial charge is 0.454 e. The average Bonchev–Trinajstić information content (AvgIpc) is 3.03. The molecule has 0 spiro atoms. The third kappa shape index (κ3) is 3.75. The molecular formula is C24H17NO5. The van der Waals surface area contributed by atoms with Crippen molar-refractivity contribution in [1.29, 1.82) is 0 Å². The minimum absolute atomic E-state index is 0.109. The zero-order valence-electron chi connectivity index (χ0n) is 15.9. The number of imide groups is 1. The molecule has 0 unspecified atom stereocenters. The molecule has 0 saturated heterocycles. The van der Waals surface area contributed by atoms with Crippen molar-refractivity contribution in [2.24, 2.45) is 0 Å². The minimum Gasteiger partial charge on any atom is -0.454 e. The number of ketones is 1. The highest BCUT2D eigenvalue weighted by atomic mass is 16.5. The normalized spacial score (nSPS) is 12.6. The molecular weight excluding hydrogens is 382 g/mol. The summed E-state index contributed by atoms with van der Waals surface area (Å²) in [6, 6.07) is 21.9. The van der Waals surface area contributed by atoms with Crippen molar-refractivity contribution in [2.45, 2.75) is 6.54 Å². The van der Waals surface area contributed by atoms with Gasteiger partial charge in [-0.3, -0.25) is 19.3 Å². The molecule has 1 aliphatic heterocycles.